The number of carbonyl (C=O) groups is 1. The maximum Gasteiger partial charge on any atom is 0.267 e. The average molecular weight is 712 g/mol. The van der Waals surface area contributed by atoms with E-state index in [0.717, 1.165) is 44.9 Å². The highest BCUT2D eigenvalue weighted by atomic mass is 32.2. The summed E-state index contributed by atoms with van der Waals surface area (Å²) in [5.74, 6) is -1.56. The summed E-state index contributed by atoms with van der Waals surface area (Å²) in [6.45, 7) is 4.47. The van der Waals surface area contributed by atoms with Gasteiger partial charge in [0.15, 0.2) is 0 Å². The highest BCUT2D eigenvalue weighted by Crippen LogP contribution is 2.15. The van der Waals surface area contributed by atoms with Crippen molar-refractivity contribution in [3.05, 3.63) is 36.5 Å². The molecular formula is C41H77NO6S. The predicted molar refractivity (Wildman–Crippen MR) is 208 cm³/mol. The van der Waals surface area contributed by atoms with Crippen LogP contribution in [0.1, 0.15) is 194 Å². The smallest absolute Gasteiger partial charge is 0.267 e. The quantitative estimate of drug-likeness (QED) is 0.0291. The molecule has 4 N–H and O–H groups in total. The largest absolute Gasteiger partial charge is 0.387 e. The molecule has 0 aromatic carbocycles. The second-order valence-electron chi connectivity index (χ2n) is 14.0. The first-order valence-corrected chi connectivity index (χ1v) is 21.9. The number of nitrogens with one attached hydrogen (secondary N) is 1. The lowest BCUT2D eigenvalue weighted by Crippen LogP contribution is -2.50. The van der Waals surface area contributed by atoms with E-state index < -0.39 is 40.0 Å². The fraction of sp³-hybridized carbons (Fsp3) is 0.829. The zero-order valence-electron chi connectivity index (χ0n) is 31.7. The van der Waals surface area contributed by atoms with E-state index in [9.17, 15) is 28.0 Å². The normalized spacial score (nSPS) is 14.3. The zero-order valence-corrected chi connectivity index (χ0v) is 32.5. The van der Waals surface area contributed by atoms with Gasteiger partial charge in [0, 0.05) is 0 Å². The molecule has 288 valence electrons. The summed E-state index contributed by atoms with van der Waals surface area (Å²) >= 11 is 0. The van der Waals surface area contributed by atoms with Crippen LogP contribution in [-0.4, -0.2) is 53.1 Å². The van der Waals surface area contributed by atoms with Crippen molar-refractivity contribution in [1.82, 2.24) is 5.32 Å². The first-order valence-electron chi connectivity index (χ1n) is 20.3. The Balaban J connectivity index is 4.04. The van der Waals surface area contributed by atoms with E-state index in [2.05, 4.69) is 43.5 Å². The Kier molecular flexibility index (Phi) is 33.9. The number of hydrogen-bond acceptors (Lipinski definition) is 5. The highest BCUT2D eigenvalue weighted by molar-refractivity contribution is 7.85. The van der Waals surface area contributed by atoms with Crippen LogP contribution >= 0.6 is 0 Å². The number of allylic oxidation sites excluding steroid dienone is 5. The fourth-order valence-corrected chi connectivity index (χ4v) is 6.75. The topological polar surface area (TPSA) is 124 Å². The molecule has 49 heavy (non-hydrogen) atoms. The van der Waals surface area contributed by atoms with Gasteiger partial charge in [0.25, 0.3) is 10.1 Å². The van der Waals surface area contributed by atoms with Crippen LogP contribution in [-0.2, 0) is 14.9 Å². The van der Waals surface area contributed by atoms with Crippen LogP contribution in [0.2, 0.25) is 0 Å². The molecule has 0 saturated heterocycles. The Hall–Kier alpha value is -1.48. The molecule has 0 fully saturated rings. The van der Waals surface area contributed by atoms with Crippen molar-refractivity contribution >= 4 is 16.0 Å². The molecule has 0 heterocycles. The minimum absolute atomic E-state index is 0.274. The number of hydrogen-bond donors (Lipinski definition) is 4. The van der Waals surface area contributed by atoms with Gasteiger partial charge in [0.1, 0.15) is 6.10 Å². The monoisotopic (exact) mass is 712 g/mol. The van der Waals surface area contributed by atoms with Gasteiger partial charge in [-0.05, 0) is 44.9 Å². The van der Waals surface area contributed by atoms with Crippen molar-refractivity contribution in [2.75, 3.05) is 5.75 Å². The Bertz CT molecular complexity index is 932. The van der Waals surface area contributed by atoms with Gasteiger partial charge in [0.05, 0.1) is 17.9 Å². The van der Waals surface area contributed by atoms with Crippen molar-refractivity contribution in [2.45, 2.75) is 212 Å². The standard InChI is InChI=1S/C41H77NO6S/c1-3-5-7-9-11-13-15-17-18-19-20-21-22-24-26-28-30-32-34-36-40(44)41(45)42-38(37-49(46,47)48)39(43)35-33-31-29-27-25-23-16-14-12-10-8-6-4-2/h12,14,25,27,33,35,38-40,43-44H,3-11,13,15-24,26,28-32,34,36-37H2,1-2H3,(H,42,45)(H,46,47,48)/b14-12+,27-25+,35-33+. The molecule has 0 saturated carbocycles. The van der Waals surface area contributed by atoms with E-state index in [1.54, 1.807) is 6.08 Å². The van der Waals surface area contributed by atoms with Gasteiger partial charge in [-0.2, -0.15) is 8.42 Å². The molecule has 0 bridgehead atoms. The lowest BCUT2D eigenvalue weighted by atomic mass is 10.0. The van der Waals surface area contributed by atoms with E-state index in [1.807, 2.05) is 0 Å². The zero-order chi connectivity index (χ0) is 36.3. The van der Waals surface area contributed by atoms with Crippen molar-refractivity contribution in [3.63, 3.8) is 0 Å². The SMILES string of the molecule is CCCCC/C=C/CC/C=C/CC/C=C/C(O)C(CS(=O)(=O)O)NC(=O)C(O)CCCCCCCCCCCCCCCCCCCCC. The van der Waals surface area contributed by atoms with Gasteiger partial charge in [-0.3, -0.25) is 9.35 Å². The van der Waals surface area contributed by atoms with Crippen LogP contribution in [0.5, 0.6) is 0 Å². The summed E-state index contributed by atoms with van der Waals surface area (Å²) in [6.07, 6.45) is 42.0. The Labute approximate surface area is 302 Å². The summed E-state index contributed by atoms with van der Waals surface area (Å²) in [5, 5.41) is 23.3. The van der Waals surface area contributed by atoms with E-state index in [1.165, 1.54) is 122 Å². The highest BCUT2D eigenvalue weighted by Gasteiger charge is 2.27. The molecule has 7 nitrogen and oxygen atoms in total. The lowest BCUT2D eigenvalue weighted by Gasteiger charge is -2.22. The molecule has 0 aliphatic carbocycles. The van der Waals surface area contributed by atoms with E-state index >= 15 is 0 Å². The van der Waals surface area contributed by atoms with Gasteiger partial charge in [-0.15, -0.1) is 0 Å². The minimum Gasteiger partial charge on any atom is -0.387 e. The Morgan fingerprint density at radius 2 is 0.918 bits per heavy atom. The Morgan fingerprint density at radius 1 is 0.551 bits per heavy atom. The van der Waals surface area contributed by atoms with Gasteiger partial charge in [0.2, 0.25) is 5.91 Å². The average Bonchev–Trinajstić information content (AvgIpc) is 3.06. The maximum absolute atomic E-state index is 12.6. The van der Waals surface area contributed by atoms with Gasteiger partial charge < -0.3 is 15.5 Å². The second kappa shape index (κ2) is 34.9. The lowest BCUT2D eigenvalue weighted by molar-refractivity contribution is -0.130. The van der Waals surface area contributed by atoms with Crippen LogP contribution in [0.15, 0.2) is 36.5 Å². The summed E-state index contributed by atoms with van der Waals surface area (Å²) in [7, 11) is -4.45. The molecule has 0 aromatic heterocycles. The van der Waals surface area contributed by atoms with Crippen molar-refractivity contribution in [1.29, 1.82) is 0 Å². The minimum atomic E-state index is -4.45. The molecule has 8 heteroatoms. The summed E-state index contributed by atoms with van der Waals surface area (Å²) in [5.41, 5.74) is 0. The molecule has 0 spiro atoms. The third kappa shape index (κ3) is 34.7. The molecule has 3 unspecified atom stereocenters. The first kappa shape index (κ1) is 47.5. The second-order valence-corrected chi connectivity index (χ2v) is 15.5. The third-order valence-corrected chi connectivity index (χ3v) is 9.94. The summed E-state index contributed by atoms with van der Waals surface area (Å²) in [4.78, 5) is 12.6. The van der Waals surface area contributed by atoms with Crippen molar-refractivity contribution in [2.24, 2.45) is 0 Å². The van der Waals surface area contributed by atoms with E-state index in [0.29, 0.717) is 12.8 Å². The summed E-state index contributed by atoms with van der Waals surface area (Å²) in [6, 6.07) is -1.25. The number of aliphatic hydroxyl groups is 2. The number of unbranched alkanes of at least 4 members (excludes halogenated alkanes) is 23. The number of carbonyl (C=O) groups excluding carboxylic acids is 1. The first-order chi connectivity index (χ1) is 23.7. The van der Waals surface area contributed by atoms with Crippen LogP contribution < -0.4 is 5.32 Å². The molecule has 0 aliphatic heterocycles. The number of aliphatic hydroxyl groups excluding tert-OH is 2. The van der Waals surface area contributed by atoms with Crippen molar-refractivity contribution < 1.29 is 28.0 Å². The maximum atomic E-state index is 12.6. The van der Waals surface area contributed by atoms with Gasteiger partial charge >= 0.3 is 0 Å². The van der Waals surface area contributed by atoms with Crippen molar-refractivity contribution in [3.8, 4) is 0 Å². The van der Waals surface area contributed by atoms with Gasteiger partial charge in [-0.1, -0.05) is 185 Å². The molecule has 0 aliphatic rings. The fourth-order valence-electron chi connectivity index (χ4n) is 6.02. The molecule has 0 radical (unpaired) electrons. The van der Waals surface area contributed by atoms with Crippen LogP contribution in [0.3, 0.4) is 0 Å². The molecular weight excluding hydrogens is 635 g/mol. The molecule has 3 atom stereocenters. The molecule has 1 amide bonds. The number of amides is 1. The van der Waals surface area contributed by atoms with E-state index in [4.69, 9.17) is 0 Å². The molecule has 0 rings (SSSR count). The third-order valence-electron chi connectivity index (χ3n) is 9.15. The van der Waals surface area contributed by atoms with Crippen LogP contribution in [0.25, 0.3) is 0 Å². The van der Waals surface area contributed by atoms with Gasteiger partial charge in [-0.25, -0.2) is 0 Å². The van der Waals surface area contributed by atoms with Crippen LogP contribution in [0, 0.1) is 0 Å². The summed E-state index contributed by atoms with van der Waals surface area (Å²) < 4.78 is 32.4. The van der Waals surface area contributed by atoms with Crippen LogP contribution in [0.4, 0.5) is 0 Å². The predicted octanol–water partition coefficient (Wildman–Crippen LogP) is 10.7. The molecule has 0 aromatic rings. The number of rotatable bonds is 36. The van der Waals surface area contributed by atoms with E-state index in [-0.39, 0.29) is 6.42 Å². The Morgan fingerprint density at radius 3 is 1.35 bits per heavy atom.